The summed E-state index contributed by atoms with van der Waals surface area (Å²) in [5, 5.41) is 9.13. The van der Waals surface area contributed by atoms with Crippen molar-refractivity contribution in [3.05, 3.63) is 35.4 Å². The molecule has 0 saturated heterocycles. The molecule has 0 bridgehead atoms. The van der Waals surface area contributed by atoms with E-state index in [1.807, 2.05) is 18.2 Å². The van der Waals surface area contributed by atoms with Crippen molar-refractivity contribution in [3.8, 4) is 6.07 Å². The lowest BCUT2D eigenvalue weighted by atomic mass is 10.1. The Morgan fingerprint density at radius 3 is 2.61 bits per heavy atom. The molecule has 2 nitrogen and oxygen atoms in total. The normalized spacial score (nSPS) is 12.4. The van der Waals surface area contributed by atoms with E-state index in [9.17, 15) is 0 Å². The third-order valence-corrected chi connectivity index (χ3v) is 3.52. The molecule has 2 heteroatoms. The van der Waals surface area contributed by atoms with E-state index < -0.39 is 0 Å². The summed E-state index contributed by atoms with van der Waals surface area (Å²) in [7, 11) is 0. The van der Waals surface area contributed by atoms with Gasteiger partial charge in [0.1, 0.15) is 0 Å². The molecule has 1 unspecified atom stereocenters. The van der Waals surface area contributed by atoms with Crippen molar-refractivity contribution in [2.24, 2.45) is 0 Å². The Hall–Kier alpha value is -1.33. The van der Waals surface area contributed by atoms with E-state index in [1.165, 1.54) is 12.8 Å². The van der Waals surface area contributed by atoms with Crippen LogP contribution < -0.4 is 0 Å². The highest BCUT2D eigenvalue weighted by molar-refractivity contribution is 5.37. The smallest absolute Gasteiger partial charge is 0.0995 e. The second kappa shape index (κ2) is 7.89. The molecule has 0 fully saturated rings. The predicted octanol–water partition coefficient (Wildman–Crippen LogP) is 3.96. The number of rotatable bonds is 7. The van der Waals surface area contributed by atoms with Gasteiger partial charge in [0.2, 0.25) is 0 Å². The minimum atomic E-state index is 0.572. The van der Waals surface area contributed by atoms with Gasteiger partial charge in [0.05, 0.1) is 11.6 Å². The molecule has 0 aliphatic carbocycles. The van der Waals surface area contributed by atoms with Crippen LogP contribution >= 0.6 is 0 Å². The van der Waals surface area contributed by atoms with Crippen molar-refractivity contribution >= 4 is 0 Å². The minimum Gasteiger partial charge on any atom is -0.296 e. The topological polar surface area (TPSA) is 27.0 Å². The summed E-state index contributed by atoms with van der Waals surface area (Å²) < 4.78 is 0. The summed E-state index contributed by atoms with van der Waals surface area (Å²) in [6.07, 6.45) is 3.59. The number of unbranched alkanes of at least 4 members (excludes halogenated alkanes) is 1. The Kier molecular flexibility index (Phi) is 6.46. The first kappa shape index (κ1) is 14.7. The second-order valence-corrected chi connectivity index (χ2v) is 4.85. The summed E-state index contributed by atoms with van der Waals surface area (Å²) in [5.41, 5.74) is 1.96. The van der Waals surface area contributed by atoms with Gasteiger partial charge in [-0.25, -0.2) is 0 Å². The van der Waals surface area contributed by atoms with Gasteiger partial charge >= 0.3 is 0 Å². The standard InChI is InChI=1S/C16H24N2/c1-4-6-11-18(14(3)5-2)13-16-10-8-7-9-15(16)12-17/h7-10,14H,4-6,11,13H2,1-3H3. The van der Waals surface area contributed by atoms with Crippen LogP contribution in [0.5, 0.6) is 0 Å². The molecular formula is C16H24N2. The fourth-order valence-corrected chi connectivity index (χ4v) is 2.06. The fourth-order valence-electron chi connectivity index (χ4n) is 2.06. The summed E-state index contributed by atoms with van der Waals surface area (Å²) in [4.78, 5) is 2.49. The maximum atomic E-state index is 9.13. The molecule has 1 atom stereocenters. The average Bonchev–Trinajstić information content (AvgIpc) is 2.42. The molecule has 0 N–H and O–H groups in total. The summed E-state index contributed by atoms with van der Waals surface area (Å²) in [6, 6.07) is 10.8. The molecule has 1 aromatic rings. The summed E-state index contributed by atoms with van der Waals surface area (Å²) >= 11 is 0. The molecule has 0 aliphatic heterocycles. The van der Waals surface area contributed by atoms with E-state index in [0.29, 0.717) is 6.04 Å². The Bertz CT molecular complexity index is 392. The molecule has 0 aliphatic rings. The van der Waals surface area contributed by atoms with E-state index in [1.54, 1.807) is 0 Å². The van der Waals surface area contributed by atoms with Gasteiger partial charge in [0, 0.05) is 12.6 Å². The molecule has 0 aromatic heterocycles. The zero-order valence-corrected chi connectivity index (χ0v) is 11.8. The number of nitriles is 1. The maximum Gasteiger partial charge on any atom is 0.0995 e. The summed E-state index contributed by atoms with van der Waals surface area (Å²) in [5.74, 6) is 0. The van der Waals surface area contributed by atoms with E-state index in [2.05, 4.69) is 37.8 Å². The lowest BCUT2D eigenvalue weighted by Crippen LogP contribution is -2.33. The SMILES string of the molecule is CCCCN(Cc1ccccc1C#N)C(C)CC. The van der Waals surface area contributed by atoms with Gasteiger partial charge < -0.3 is 0 Å². The van der Waals surface area contributed by atoms with Gasteiger partial charge in [-0.1, -0.05) is 38.5 Å². The van der Waals surface area contributed by atoms with Crippen molar-refractivity contribution in [2.75, 3.05) is 6.54 Å². The van der Waals surface area contributed by atoms with Crippen LogP contribution in [0.15, 0.2) is 24.3 Å². The van der Waals surface area contributed by atoms with Crippen molar-refractivity contribution in [1.82, 2.24) is 4.90 Å². The van der Waals surface area contributed by atoms with E-state index in [0.717, 1.165) is 30.6 Å². The Balaban J connectivity index is 2.79. The Labute approximate surface area is 111 Å². The maximum absolute atomic E-state index is 9.13. The third-order valence-electron chi connectivity index (χ3n) is 3.52. The molecule has 98 valence electrons. The van der Waals surface area contributed by atoms with Crippen molar-refractivity contribution in [2.45, 2.75) is 52.6 Å². The molecule has 0 amide bonds. The highest BCUT2D eigenvalue weighted by Gasteiger charge is 2.13. The first-order chi connectivity index (χ1) is 8.72. The molecule has 0 radical (unpaired) electrons. The quantitative estimate of drug-likeness (QED) is 0.726. The molecule has 0 heterocycles. The van der Waals surface area contributed by atoms with E-state index in [-0.39, 0.29) is 0 Å². The van der Waals surface area contributed by atoms with E-state index >= 15 is 0 Å². The fraction of sp³-hybridized carbons (Fsp3) is 0.562. The zero-order valence-electron chi connectivity index (χ0n) is 11.8. The Morgan fingerprint density at radius 1 is 1.28 bits per heavy atom. The molecule has 0 saturated carbocycles. The predicted molar refractivity (Wildman–Crippen MR) is 76.2 cm³/mol. The van der Waals surface area contributed by atoms with Gasteiger partial charge in [-0.3, -0.25) is 4.90 Å². The van der Waals surface area contributed by atoms with Crippen LogP contribution in [0.1, 0.15) is 51.2 Å². The van der Waals surface area contributed by atoms with Gasteiger partial charge in [-0.15, -0.1) is 0 Å². The highest BCUT2D eigenvalue weighted by Crippen LogP contribution is 2.15. The number of hydrogen-bond acceptors (Lipinski definition) is 2. The Morgan fingerprint density at radius 2 is 2.00 bits per heavy atom. The van der Waals surface area contributed by atoms with Crippen LogP contribution in [0.4, 0.5) is 0 Å². The van der Waals surface area contributed by atoms with Crippen LogP contribution in [0.25, 0.3) is 0 Å². The first-order valence-corrected chi connectivity index (χ1v) is 6.94. The lowest BCUT2D eigenvalue weighted by Gasteiger charge is -2.28. The van der Waals surface area contributed by atoms with Crippen LogP contribution in [0, 0.1) is 11.3 Å². The lowest BCUT2D eigenvalue weighted by molar-refractivity contribution is 0.192. The van der Waals surface area contributed by atoms with Crippen molar-refractivity contribution < 1.29 is 0 Å². The largest absolute Gasteiger partial charge is 0.296 e. The highest BCUT2D eigenvalue weighted by atomic mass is 15.1. The molecule has 1 rings (SSSR count). The molecule has 1 aromatic carbocycles. The van der Waals surface area contributed by atoms with Crippen molar-refractivity contribution in [1.29, 1.82) is 5.26 Å². The number of hydrogen-bond donors (Lipinski definition) is 0. The average molecular weight is 244 g/mol. The van der Waals surface area contributed by atoms with Gasteiger partial charge in [-0.05, 0) is 37.9 Å². The zero-order chi connectivity index (χ0) is 13.4. The van der Waals surface area contributed by atoms with E-state index in [4.69, 9.17) is 5.26 Å². The van der Waals surface area contributed by atoms with Crippen molar-refractivity contribution in [3.63, 3.8) is 0 Å². The van der Waals surface area contributed by atoms with Crippen LogP contribution in [-0.2, 0) is 6.54 Å². The van der Waals surface area contributed by atoms with Gasteiger partial charge in [0.25, 0.3) is 0 Å². The third kappa shape index (κ3) is 4.16. The molecule has 0 spiro atoms. The van der Waals surface area contributed by atoms with Gasteiger partial charge in [-0.2, -0.15) is 5.26 Å². The first-order valence-electron chi connectivity index (χ1n) is 6.94. The molecular weight excluding hydrogens is 220 g/mol. The number of nitrogens with zero attached hydrogens (tertiary/aromatic N) is 2. The monoisotopic (exact) mass is 244 g/mol. The van der Waals surface area contributed by atoms with Gasteiger partial charge in [0.15, 0.2) is 0 Å². The number of benzene rings is 1. The minimum absolute atomic E-state index is 0.572. The van der Waals surface area contributed by atoms with Crippen LogP contribution in [-0.4, -0.2) is 17.5 Å². The molecule has 18 heavy (non-hydrogen) atoms. The van der Waals surface area contributed by atoms with Crippen LogP contribution in [0.2, 0.25) is 0 Å². The summed E-state index contributed by atoms with van der Waals surface area (Å²) in [6.45, 7) is 8.71. The second-order valence-electron chi connectivity index (χ2n) is 4.85. The van der Waals surface area contributed by atoms with Crippen LogP contribution in [0.3, 0.4) is 0 Å².